The van der Waals surface area contributed by atoms with Gasteiger partial charge in [0.15, 0.2) is 0 Å². The minimum absolute atomic E-state index is 0.0700. The van der Waals surface area contributed by atoms with E-state index < -0.39 is 34.6 Å². The SMILES string of the molecule is O=C(O)C(F)(F)F.[2H]C([2H])([2H])n1ncc2cc(-c3c(-c4cnn(C)c4)[nH]c4ncc5c(c34)[C@@]3(CC[C@H](NS(=O)(=O)C4CC4)C3)C(=O)N5C)ccc21. The van der Waals surface area contributed by atoms with Gasteiger partial charge in [-0.2, -0.15) is 23.4 Å². The van der Waals surface area contributed by atoms with E-state index >= 15 is 0 Å². The van der Waals surface area contributed by atoms with Gasteiger partial charge in [0, 0.05) is 64.9 Å². The van der Waals surface area contributed by atoms with Gasteiger partial charge in [-0.25, -0.2) is 22.9 Å². The van der Waals surface area contributed by atoms with Crippen LogP contribution in [0.25, 0.3) is 44.3 Å². The van der Waals surface area contributed by atoms with Crippen molar-refractivity contribution in [1.82, 2.24) is 34.3 Å². The lowest BCUT2D eigenvalue weighted by atomic mass is 9.77. The number of halogens is 3. The smallest absolute Gasteiger partial charge is 0.475 e. The first-order valence-corrected chi connectivity index (χ1v) is 16.5. The number of carboxylic acids is 1. The third kappa shape index (κ3) is 5.11. The number of rotatable bonds is 5. The molecule has 1 aromatic carbocycles. The first-order valence-electron chi connectivity index (χ1n) is 16.4. The number of carboxylic acid groups (broad SMARTS) is 1. The number of aromatic nitrogens is 6. The molecule has 2 fully saturated rings. The number of sulfonamides is 1. The van der Waals surface area contributed by atoms with Gasteiger partial charge < -0.3 is 15.0 Å². The number of hydrogen-bond donors (Lipinski definition) is 3. The Morgan fingerprint density at radius 2 is 1.90 bits per heavy atom. The molecule has 5 aromatic rings. The molecule has 48 heavy (non-hydrogen) atoms. The molecule has 0 bridgehead atoms. The summed E-state index contributed by atoms with van der Waals surface area (Å²) >= 11 is 0. The summed E-state index contributed by atoms with van der Waals surface area (Å²) in [6.07, 6.45) is 4.55. The van der Waals surface area contributed by atoms with Gasteiger partial charge in [-0.3, -0.25) is 14.2 Å². The van der Waals surface area contributed by atoms with Crippen LogP contribution in [0, 0.1) is 0 Å². The molecule has 0 radical (unpaired) electrons. The Labute approximate surface area is 276 Å². The maximum Gasteiger partial charge on any atom is 0.490 e. The topological polar surface area (TPSA) is 168 Å². The van der Waals surface area contributed by atoms with Crippen molar-refractivity contribution in [2.24, 2.45) is 14.0 Å². The summed E-state index contributed by atoms with van der Waals surface area (Å²) in [4.78, 5) is 32.9. The Morgan fingerprint density at radius 3 is 2.54 bits per heavy atom. The van der Waals surface area contributed by atoms with Crippen LogP contribution in [0.3, 0.4) is 0 Å². The van der Waals surface area contributed by atoms with Gasteiger partial charge in [-0.15, -0.1) is 0 Å². The Kier molecular flexibility index (Phi) is 6.41. The van der Waals surface area contributed by atoms with E-state index in [4.69, 9.17) is 19.0 Å². The molecule has 1 aliphatic heterocycles. The van der Waals surface area contributed by atoms with Crippen molar-refractivity contribution < 1.29 is 40.4 Å². The molecular weight excluding hydrogens is 653 g/mol. The highest BCUT2D eigenvalue weighted by molar-refractivity contribution is 7.90. The number of pyridine rings is 1. The summed E-state index contributed by atoms with van der Waals surface area (Å²) < 4.78 is 86.7. The van der Waals surface area contributed by atoms with Crippen LogP contribution in [-0.4, -0.2) is 79.4 Å². The predicted octanol–water partition coefficient (Wildman–Crippen LogP) is 4.00. The Hall–Kier alpha value is -4.77. The standard InChI is InChI=1S/C29H30N8O3S.C2HF3O2/c1-35-15-18(13-31-35)26-23(16-4-7-21-17(10-16)12-32-37(21)3)24-25-22(14-30-27(24)33-26)36(2)28(38)29(25)9-8-19(11-29)34-41(39,40)20-5-6-20;3-2(4,5)1(6)7/h4,7,10,12-15,19-20,34H,5-6,8-9,11H2,1-3H3,(H,30,33);(H,6,7)/t19-,29-;/m0./s1/i3D3;. The average Bonchev–Trinajstić information content (AvgIpc) is 3.31. The minimum atomic E-state index is -5.08. The fourth-order valence-electron chi connectivity index (χ4n) is 6.94. The third-order valence-corrected chi connectivity index (χ3v) is 11.3. The van der Waals surface area contributed by atoms with Crippen molar-refractivity contribution in [3.05, 3.63) is 48.5 Å². The molecule has 0 saturated heterocycles. The van der Waals surface area contributed by atoms with Crippen LogP contribution < -0.4 is 9.62 Å². The van der Waals surface area contributed by atoms with Gasteiger partial charge in [0.2, 0.25) is 15.9 Å². The number of aliphatic carboxylic acids is 1. The maximum atomic E-state index is 14.1. The molecule has 252 valence electrons. The van der Waals surface area contributed by atoms with E-state index in [1.807, 2.05) is 25.4 Å². The highest BCUT2D eigenvalue weighted by Gasteiger charge is 2.56. The maximum absolute atomic E-state index is 14.1. The lowest BCUT2D eigenvalue weighted by molar-refractivity contribution is -0.192. The highest BCUT2D eigenvalue weighted by atomic mass is 32.2. The zero-order chi connectivity index (χ0) is 36.8. The predicted molar refractivity (Wildman–Crippen MR) is 169 cm³/mol. The van der Waals surface area contributed by atoms with Crippen LogP contribution in [0.15, 0.2) is 43.0 Å². The van der Waals surface area contributed by atoms with Crippen LogP contribution >= 0.6 is 0 Å². The lowest BCUT2D eigenvalue weighted by Crippen LogP contribution is -2.40. The molecule has 5 heterocycles. The van der Waals surface area contributed by atoms with Gasteiger partial charge >= 0.3 is 12.1 Å². The number of carbonyl (C=O) groups is 2. The number of amides is 1. The summed E-state index contributed by atoms with van der Waals surface area (Å²) in [6.45, 7) is -2.42. The van der Waals surface area contributed by atoms with Crippen LogP contribution in [0.4, 0.5) is 18.9 Å². The summed E-state index contributed by atoms with van der Waals surface area (Å²) in [5.41, 5.74) is 4.87. The molecule has 8 rings (SSSR count). The first kappa shape index (κ1) is 28.3. The van der Waals surface area contributed by atoms with Crippen molar-refractivity contribution in [3.63, 3.8) is 0 Å². The van der Waals surface area contributed by atoms with E-state index in [0.29, 0.717) is 54.3 Å². The van der Waals surface area contributed by atoms with Gasteiger partial charge in [-0.1, -0.05) is 6.07 Å². The molecule has 1 spiro atoms. The van der Waals surface area contributed by atoms with E-state index in [1.165, 1.54) is 0 Å². The van der Waals surface area contributed by atoms with E-state index in [9.17, 15) is 26.4 Å². The van der Waals surface area contributed by atoms with E-state index in [1.54, 1.807) is 41.3 Å². The van der Waals surface area contributed by atoms with Crippen molar-refractivity contribution in [3.8, 4) is 22.4 Å². The molecule has 13 nitrogen and oxygen atoms in total. The summed E-state index contributed by atoms with van der Waals surface area (Å²) in [5, 5.41) is 16.7. The highest BCUT2D eigenvalue weighted by Crippen LogP contribution is 2.55. The lowest BCUT2D eigenvalue weighted by Gasteiger charge is -2.24. The number of alkyl halides is 3. The van der Waals surface area contributed by atoms with Crippen LogP contribution in [0.1, 0.15) is 41.8 Å². The largest absolute Gasteiger partial charge is 0.490 e. The molecule has 2 saturated carbocycles. The number of likely N-dealkylation sites (N-methyl/N-ethyl adjacent to an activating group) is 1. The van der Waals surface area contributed by atoms with Crippen LogP contribution in [0.2, 0.25) is 0 Å². The molecule has 4 aromatic heterocycles. The normalized spacial score (nSPS) is 22.1. The second-order valence-corrected chi connectivity index (χ2v) is 14.4. The number of carbonyl (C=O) groups excluding carboxylic acids is 1. The molecule has 3 N–H and O–H groups in total. The molecule has 1 amide bonds. The number of fused-ring (bicyclic) bond motifs is 5. The van der Waals surface area contributed by atoms with Crippen molar-refractivity contribution >= 4 is 49.5 Å². The zero-order valence-electron chi connectivity index (χ0n) is 28.5. The first-order chi connectivity index (χ1) is 23.8. The van der Waals surface area contributed by atoms with E-state index in [0.717, 1.165) is 38.0 Å². The number of nitrogens with one attached hydrogen (secondary N) is 2. The van der Waals surface area contributed by atoms with Gasteiger partial charge in [0.1, 0.15) is 5.65 Å². The molecule has 3 aliphatic rings. The Bertz CT molecular complexity index is 2350. The fourth-order valence-corrected chi connectivity index (χ4v) is 8.55. The van der Waals surface area contributed by atoms with Gasteiger partial charge in [0.05, 0.1) is 46.2 Å². The second-order valence-electron chi connectivity index (χ2n) is 12.4. The number of benzene rings is 1. The fraction of sp³-hybridized carbons (Fsp3) is 0.387. The van der Waals surface area contributed by atoms with Crippen molar-refractivity contribution in [2.75, 3.05) is 11.9 Å². The third-order valence-electron chi connectivity index (χ3n) is 9.26. The number of aromatic amines is 1. The quantitative estimate of drug-likeness (QED) is 0.249. The number of anilines is 1. The monoisotopic (exact) mass is 687 g/mol. The van der Waals surface area contributed by atoms with Crippen molar-refractivity contribution in [2.45, 2.75) is 55.0 Å². The van der Waals surface area contributed by atoms with E-state index in [2.05, 4.69) is 19.9 Å². The molecule has 17 heteroatoms. The summed E-state index contributed by atoms with van der Waals surface area (Å²) in [5.74, 6) is -2.83. The molecule has 0 unspecified atom stereocenters. The molecular formula is C31H31F3N8O5S. The Balaban J connectivity index is 0.000000529. The van der Waals surface area contributed by atoms with Crippen molar-refractivity contribution in [1.29, 1.82) is 0 Å². The zero-order valence-corrected chi connectivity index (χ0v) is 26.4. The van der Waals surface area contributed by atoms with Crippen LogP contribution in [-0.2, 0) is 39.1 Å². The van der Waals surface area contributed by atoms with Gasteiger partial charge in [-0.05, 0) is 49.8 Å². The summed E-state index contributed by atoms with van der Waals surface area (Å²) in [6, 6.07) is 5.16. The number of hydrogen-bond acceptors (Lipinski definition) is 7. The minimum Gasteiger partial charge on any atom is -0.475 e. The van der Waals surface area contributed by atoms with E-state index in [-0.39, 0.29) is 17.2 Å². The summed E-state index contributed by atoms with van der Waals surface area (Å²) in [7, 11) is 0.151. The average molecular weight is 688 g/mol. The number of H-pyrrole nitrogens is 1. The number of aryl methyl sites for hydroxylation is 2. The van der Waals surface area contributed by atoms with Crippen LogP contribution in [0.5, 0.6) is 0 Å². The second kappa shape index (κ2) is 10.9. The molecule has 2 aliphatic carbocycles. The molecule has 2 atom stereocenters. The number of nitrogens with zero attached hydrogens (tertiary/aromatic N) is 6. The Morgan fingerprint density at radius 1 is 1.15 bits per heavy atom. The van der Waals surface area contributed by atoms with Gasteiger partial charge in [0.25, 0.3) is 0 Å².